The molecule has 8 nitrogen and oxygen atoms in total. The molecule has 0 aromatic heterocycles. The first-order valence-corrected chi connectivity index (χ1v) is 8.78. The van der Waals surface area contributed by atoms with Gasteiger partial charge in [0.25, 0.3) is 0 Å². The molecule has 0 spiro atoms. The molecule has 0 unspecified atom stereocenters. The molecule has 0 amide bonds. The summed E-state index contributed by atoms with van der Waals surface area (Å²) in [6.45, 7) is -0.251. The van der Waals surface area contributed by atoms with E-state index in [4.69, 9.17) is 4.84 Å². The number of nitrogens with zero attached hydrogens (tertiary/aromatic N) is 1. The summed E-state index contributed by atoms with van der Waals surface area (Å²) in [6, 6.07) is 14.2. The van der Waals surface area contributed by atoms with Gasteiger partial charge in [0.2, 0.25) is 0 Å². The number of nitrogens with two attached hydrogens (primary N) is 1. The van der Waals surface area contributed by atoms with E-state index in [1.807, 2.05) is 48.5 Å². The third kappa shape index (κ3) is 4.36. The molecule has 2 aromatic rings. The largest absolute Gasteiger partial charge is 0.550 e. The number of carboxylic acid groups (broad SMARTS) is 2. The molecular formula is C20H19N2O6-. The summed E-state index contributed by atoms with van der Waals surface area (Å²) >= 11 is 0. The number of aliphatic carboxylic acids is 2. The molecule has 0 bridgehead atoms. The van der Waals surface area contributed by atoms with Gasteiger partial charge in [-0.05, 0) is 11.1 Å². The summed E-state index contributed by atoms with van der Waals surface area (Å²) < 4.78 is 0. The van der Waals surface area contributed by atoms with Crippen molar-refractivity contribution in [1.82, 2.24) is 0 Å². The normalized spacial score (nSPS) is 14.0. The lowest BCUT2D eigenvalue weighted by molar-refractivity contribution is -0.688. The Morgan fingerprint density at radius 3 is 2.04 bits per heavy atom. The van der Waals surface area contributed by atoms with Crippen LogP contribution in [0, 0.1) is 0 Å². The van der Waals surface area contributed by atoms with Crippen molar-refractivity contribution in [2.24, 2.45) is 5.16 Å². The fourth-order valence-corrected chi connectivity index (χ4v) is 3.11. The molecule has 0 saturated carbocycles. The van der Waals surface area contributed by atoms with Gasteiger partial charge in [0.1, 0.15) is 31.0 Å². The van der Waals surface area contributed by atoms with Gasteiger partial charge >= 0.3 is 0 Å². The molecule has 1 aliphatic carbocycles. The van der Waals surface area contributed by atoms with Gasteiger partial charge in [0.15, 0.2) is 0 Å². The van der Waals surface area contributed by atoms with Crippen LogP contribution < -0.4 is 15.5 Å². The first-order valence-electron chi connectivity index (χ1n) is 8.78. The highest BCUT2D eigenvalue weighted by Gasteiger charge is 2.24. The summed E-state index contributed by atoms with van der Waals surface area (Å²) in [7, 11) is 0. The zero-order valence-electron chi connectivity index (χ0n) is 14.9. The molecule has 0 radical (unpaired) electrons. The summed E-state index contributed by atoms with van der Waals surface area (Å²) in [4.78, 5) is 26.7. The second kappa shape index (κ2) is 8.64. The van der Waals surface area contributed by atoms with Gasteiger partial charge in [-0.15, -0.1) is 0 Å². The molecule has 3 N–H and O–H groups in total. The molecule has 2 aromatic carbocycles. The number of quaternary nitrogens is 1. The van der Waals surface area contributed by atoms with E-state index in [9.17, 15) is 24.9 Å². The van der Waals surface area contributed by atoms with Gasteiger partial charge in [0, 0.05) is 23.5 Å². The second-order valence-electron chi connectivity index (χ2n) is 6.45. The van der Waals surface area contributed by atoms with E-state index in [-0.39, 0.29) is 13.2 Å². The Labute approximate surface area is 161 Å². The SMILES string of the molecule is O=C([O-])C[C@@H]([NH2+]C[C@H](O)CON=C1c2ccccc2-c2ccccc21)C(=O)[O-]. The summed E-state index contributed by atoms with van der Waals surface area (Å²) in [6.07, 6.45) is -1.74. The summed E-state index contributed by atoms with van der Waals surface area (Å²) in [5.41, 5.74) is 4.61. The number of carbonyl (C=O) groups is 2. The number of hydrogen-bond donors (Lipinski definition) is 2. The predicted octanol–water partition coefficient (Wildman–Crippen LogP) is -2.38. The van der Waals surface area contributed by atoms with Crippen molar-refractivity contribution in [3.63, 3.8) is 0 Å². The Balaban J connectivity index is 1.62. The first kappa shape index (κ1) is 19.5. The number of oxime groups is 1. The molecule has 0 saturated heterocycles. The number of aliphatic hydroxyl groups excluding tert-OH is 1. The van der Waals surface area contributed by atoms with E-state index in [1.165, 1.54) is 5.32 Å². The monoisotopic (exact) mass is 383 g/mol. The Kier molecular flexibility index (Phi) is 6.03. The molecule has 0 heterocycles. The number of benzene rings is 2. The maximum atomic E-state index is 10.9. The average molecular weight is 383 g/mol. The van der Waals surface area contributed by atoms with Crippen LogP contribution in [0.1, 0.15) is 17.5 Å². The fourth-order valence-electron chi connectivity index (χ4n) is 3.11. The number of carboxylic acids is 2. The summed E-state index contributed by atoms with van der Waals surface area (Å²) in [5.74, 6) is -3.03. The quantitative estimate of drug-likeness (QED) is 0.396. The molecule has 1 aliphatic rings. The van der Waals surface area contributed by atoms with E-state index in [1.54, 1.807) is 0 Å². The van der Waals surface area contributed by atoms with Crippen molar-refractivity contribution in [3.05, 3.63) is 59.7 Å². The fraction of sp³-hybridized carbons (Fsp3) is 0.250. The Bertz CT molecular complexity index is 864. The minimum absolute atomic E-state index is 0.0794. The maximum absolute atomic E-state index is 10.9. The zero-order valence-corrected chi connectivity index (χ0v) is 14.9. The summed E-state index contributed by atoms with van der Waals surface area (Å²) in [5, 5.41) is 36.8. The van der Waals surface area contributed by atoms with Crippen LogP contribution in [0.4, 0.5) is 0 Å². The number of aliphatic hydroxyl groups is 1. The molecular weight excluding hydrogens is 364 g/mol. The minimum atomic E-state index is -1.53. The van der Waals surface area contributed by atoms with Gasteiger partial charge in [-0.25, -0.2) is 0 Å². The number of carbonyl (C=O) groups excluding carboxylic acids is 2. The molecule has 3 rings (SSSR count). The van der Waals surface area contributed by atoms with Gasteiger partial charge in [-0.1, -0.05) is 53.7 Å². The van der Waals surface area contributed by atoms with Crippen molar-refractivity contribution < 1.29 is 35.1 Å². The van der Waals surface area contributed by atoms with Crippen LogP contribution in [0.3, 0.4) is 0 Å². The van der Waals surface area contributed by atoms with E-state index >= 15 is 0 Å². The van der Waals surface area contributed by atoms with Crippen molar-refractivity contribution in [3.8, 4) is 11.1 Å². The van der Waals surface area contributed by atoms with E-state index in [0.29, 0.717) is 5.71 Å². The maximum Gasteiger partial charge on any atom is 0.148 e. The van der Waals surface area contributed by atoms with Gasteiger partial charge in [-0.3, -0.25) is 0 Å². The van der Waals surface area contributed by atoms with Crippen LogP contribution >= 0.6 is 0 Å². The molecule has 0 fully saturated rings. The lowest BCUT2D eigenvalue weighted by Gasteiger charge is -2.18. The molecule has 146 valence electrons. The van der Waals surface area contributed by atoms with Crippen LogP contribution in [-0.2, 0) is 14.4 Å². The second-order valence-corrected chi connectivity index (χ2v) is 6.45. The Morgan fingerprint density at radius 1 is 1.00 bits per heavy atom. The highest BCUT2D eigenvalue weighted by molar-refractivity contribution is 6.24. The predicted molar refractivity (Wildman–Crippen MR) is 94.7 cm³/mol. The third-order valence-electron chi connectivity index (χ3n) is 4.46. The number of rotatable bonds is 9. The van der Waals surface area contributed by atoms with Gasteiger partial charge in [-0.2, -0.15) is 0 Å². The van der Waals surface area contributed by atoms with E-state index in [2.05, 4.69) is 5.16 Å². The van der Waals surface area contributed by atoms with Crippen molar-refractivity contribution >= 4 is 17.7 Å². The lowest BCUT2D eigenvalue weighted by atomic mass is 10.1. The minimum Gasteiger partial charge on any atom is -0.550 e. The lowest BCUT2D eigenvalue weighted by Crippen LogP contribution is -2.95. The van der Waals surface area contributed by atoms with Crippen molar-refractivity contribution in [1.29, 1.82) is 0 Å². The molecule has 0 aliphatic heterocycles. The topological polar surface area (TPSA) is 139 Å². The van der Waals surface area contributed by atoms with Crippen LogP contribution in [-0.4, -0.2) is 48.1 Å². The van der Waals surface area contributed by atoms with Crippen molar-refractivity contribution in [2.45, 2.75) is 18.6 Å². The standard InChI is InChI=1S/C20H20N2O6/c23-12(10-21-17(20(26)27)9-18(24)25)11-28-22-19-15-7-3-1-5-13(15)14-6-2-4-8-16(14)19/h1-8,12,17,21,23H,9-11H2,(H,24,25)(H,26,27)/p-1/t12-,17+/m0/s1. The van der Waals surface area contributed by atoms with Crippen LogP contribution in [0.5, 0.6) is 0 Å². The van der Waals surface area contributed by atoms with Gasteiger partial charge in [0.05, 0.1) is 5.97 Å². The van der Waals surface area contributed by atoms with Gasteiger partial charge < -0.3 is 35.1 Å². The zero-order chi connectivity index (χ0) is 20.1. The van der Waals surface area contributed by atoms with E-state index in [0.717, 1.165) is 22.3 Å². The molecule has 2 atom stereocenters. The van der Waals surface area contributed by atoms with Crippen molar-refractivity contribution in [2.75, 3.05) is 13.2 Å². The highest BCUT2D eigenvalue weighted by Crippen LogP contribution is 2.36. The van der Waals surface area contributed by atoms with Crippen LogP contribution in [0.25, 0.3) is 11.1 Å². The Hall–Kier alpha value is -3.23. The Morgan fingerprint density at radius 2 is 1.54 bits per heavy atom. The average Bonchev–Trinajstić information content (AvgIpc) is 2.99. The molecule has 28 heavy (non-hydrogen) atoms. The first-order chi connectivity index (χ1) is 13.5. The number of fused-ring (bicyclic) bond motifs is 3. The third-order valence-corrected chi connectivity index (χ3v) is 4.46. The number of hydrogen-bond acceptors (Lipinski definition) is 7. The van der Waals surface area contributed by atoms with Crippen LogP contribution in [0.2, 0.25) is 0 Å². The molecule has 8 heteroatoms. The van der Waals surface area contributed by atoms with Crippen LogP contribution in [0.15, 0.2) is 53.7 Å². The van der Waals surface area contributed by atoms with E-state index < -0.39 is 30.5 Å². The smallest absolute Gasteiger partial charge is 0.148 e. The highest BCUT2D eigenvalue weighted by atomic mass is 16.6.